The summed E-state index contributed by atoms with van der Waals surface area (Å²) in [5, 5.41) is 9.09. The van der Waals surface area contributed by atoms with E-state index in [9.17, 15) is 9.59 Å². The molecule has 2 amide bonds. The van der Waals surface area contributed by atoms with Gasteiger partial charge in [0.25, 0.3) is 5.91 Å². The molecule has 7 heteroatoms. The van der Waals surface area contributed by atoms with Crippen LogP contribution in [0.1, 0.15) is 30.6 Å². The van der Waals surface area contributed by atoms with Gasteiger partial charge in [-0.1, -0.05) is 23.8 Å². The average Bonchev–Trinajstić information content (AvgIpc) is 2.58. The fourth-order valence-corrected chi connectivity index (χ4v) is 3.27. The molecular weight excluding hydrogens is 358 g/mol. The zero-order valence-electron chi connectivity index (χ0n) is 14.6. The fourth-order valence-electron chi connectivity index (χ4n) is 2.41. The van der Waals surface area contributed by atoms with Gasteiger partial charge in [-0.05, 0) is 38.9 Å². The van der Waals surface area contributed by atoms with Crippen LogP contribution in [0, 0.1) is 0 Å². The van der Waals surface area contributed by atoms with E-state index in [-0.39, 0.29) is 30.3 Å². The number of carbonyl (C=O) groups excluding carboxylic acids is 2. The number of hydrogen-bond donors (Lipinski definition) is 3. The van der Waals surface area contributed by atoms with Gasteiger partial charge in [0.2, 0.25) is 5.91 Å². The third kappa shape index (κ3) is 7.50. The van der Waals surface area contributed by atoms with E-state index in [0.29, 0.717) is 17.9 Å². The quantitative estimate of drug-likeness (QED) is 0.499. The summed E-state index contributed by atoms with van der Waals surface area (Å²) < 4.78 is 0. The zero-order chi connectivity index (χ0) is 17.4. The first-order chi connectivity index (χ1) is 11.6. The Labute approximate surface area is 159 Å². The molecule has 3 N–H and O–H groups in total. The van der Waals surface area contributed by atoms with E-state index in [1.807, 2.05) is 32.0 Å². The van der Waals surface area contributed by atoms with E-state index in [4.69, 9.17) is 0 Å². The maximum atomic E-state index is 12.5. The summed E-state index contributed by atoms with van der Waals surface area (Å²) in [6.45, 7) is 6.26. The normalized spacial score (nSPS) is 13.6. The Kier molecular flexibility index (Phi) is 9.63. The first kappa shape index (κ1) is 21.5. The molecule has 1 aliphatic rings. The number of thioether (sulfide) groups is 1. The van der Waals surface area contributed by atoms with Crippen molar-refractivity contribution in [1.82, 2.24) is 16.0 Å². The largest absolute Gasteiger partial charge is 0.353 e. The highest BCUT2D eigenvalue weighted by Gasteiger charge is 2.13. The Bertz CT molecular complexity index is 620. The summed E-state index contributed by atoms with van der Waals surface area (Å²) in [6, 6.07) is 7.53. The molecular formula is C18H26ClN3O2S. The Morgan fingerprint density at radius 2 is 2.04 bits per heavy atom. The smallest absolute Gasteiger partial charge is 0.252 e. The van der Waals surface area contributed by atoms with Gasteiger partial charge in [0.05, 0.1) is 11.3 Å². The molecule has 0 saturated carbocycles. The van der Waals surface area contributed by atoms with Crippen molar-refractivity contribution in [2.75, 3.05) is 25.4 Å². The predicted octanol–water partition coefficient (Wildman–Crippen LogP) is 2.37. The summed E-state index contributed by atoms with van der Waals surface area (Å²) in [6.07, 6.45) is 3.09. The Morgan fingerprint density at radius 1 is 1.28 bits per heavy atom. The number of amides is 2. The highest BCUT2D eigenvalue weighted by atomic mass is 35.5. The van der Waals surface area contributed by atoms with Crippen LogP contribution in [0.25, 0.3) is 0 Å². The van der Waals surface area contributed by atoms with Crippen molar-refractivity contribution in [2.45, 2.75) is 31.2 Å². The third-order valence-electron chi connectivity index (χ3n) is 3.57. The fraction of sp³-hybridized carbons (Fsp3) is 0.444. The van der Waals surface area contributed by atoms with Crippen LogP contribution < -0.4 is 16.0 Å². The summed E-state index contributed by atoms with van der Waals surface area (Å²) in [5.41, 5.74) is 1.87. The Hall–Kier alpha value is -1.50. The van der Waals surface area contributed by atoms with Gasteiger partial charge in [0.15, 0.2) is 0 Å². The molecule has 1 aliphatic heterocycles. The minimum Gasteiger partial charge on any atom is -0.353 e. The average molecular weight is 384 g/mol. The van der Waals surface area contributed by atoms with Crippen LogP contribution in [0.15, 0.2) is 40.8 Å². The van der Waals surface area contributed by atoms with Crippen molar-refractivity contribution < 1.29 is 9.59 Å². The first-order valence-electron chi connectivity index (χ1n) is 8.24. The molecule has 2 rings (SSSR count). The van der Waals surface area contributed by atoms with Crippen LogP contribution >= 0.6 is 24.2 Å². The van der Waals surface area contributed by atoms with Gasteiger partial charge in [-0.15, -0.1) is 24.2 Å². The molecule has 0 saturated heterocycles. The van der Waals surface area contributed by atoms with Gasteiger partial charge in [-0.2, -0.15) is 0 Å². The van der Waals surface area contributed by atoms with Crippen molar-refractivity contribution in [3.63, 3.8) is 0 Å². The Balaban J connectivity index is 0.00000312. The highest BCUT2D eigenvalue weighted by Crippen LogP contribution is 2.22. The number of rotatable bonds is 7. The van der Waals surface area contributed by atoms with Gasteiger partial charge in [-0.3, -0.25) is 9.59 Å². The molecule has 25 heavy (non-hydrogen) atoms. The van der Waals surface area contributed by atoms with Gasteiger partial charge in [0.1, 0.15) is 0 Å². The number of benzene rings is 1. The van der Waals surface area contributed by atoms with Crippen molar-refractivity contribution in [3.05, 3.63) is 41.5 Å². The molecule has 0 radical (unpaired) electrons. The maximum Gasteiger partial charge on any atom is 0.252 e. The second-order valence-electron chi connectivity index (χ2n) is 6.01. The molecule has 0 bridgehead atoms. The number of carbonyl (C=O) groups is 2. The third-order valence-corrected chi connectivity index (χ3v) is 4.65. The molecule has 138 valence electrons. The highest BCUT2D eigenvalue weighted by molar-refractivity contribution is 8.00. The molecule has 5 nitrogen and oxygen atoms in total. The molecule has 0 atom stereocenters. The SMILES string of the molecule is CC(C)NC(=O)CSc1ccccc1C(=O)NCC1=CCNCC1.Cl. The molecule has 1 aromatic carbocycles. The lowest BCUT2D eigenvalue weighted by atomic mass is 10.1. The van der Waals surface area contributed by atoms with Gasteiger partial charge >= 0.3 is 0 Å². The monoisotopic (exact) mass is 383 g/mol. The van der Waals surface area contributed by atoms with Gasteiger partial charge in [0, 0.05) is 24.0 Å². The first-order valence-corrected chi connectivity index (χ1v) is 9.23. The van der Waals surface area contributed by atoms with Crippen LogP contribution in [0.3, 0.4) is 0 Å². The molecule has 0 aliphatic carbocycles. The van der Waals surface area contributed by atoms with Crippen LogP contribution in [0.5, 0.6) is 0 Å². The van der Waals surface area contributed by atoms with E-state index in [0.717, 1.165) is 24.4 Å². The zero-order valence-corrected chi connectivity index (χ0v) is 16.3. The van der Waals surface area contributed by atoms with Crippen LogP contribution in [-0.2, 0) is 4.79 Å². The predicted molar refractivity (Wildman–Crippen MR) is 106 cm³/mol. The van der Waals surface area contributed by atoms with Crippen LogP contribution in [-0.4, -0.2) is 43.2 Å². The lowest BCUT2D eigenvalue weighted by Gasteiger charge is -2.15. The van der Waals surface area contributed by atoms with E-state index in [1.54, 1.807) is 6.07 Å². The second-order valence-corrected chi connectivity index (χ2v) is 7.02. The van der Waals surface area contributed by atoms with E-state index in [2.05, 4.69) is 22.0 Å². The van der Waals surface area contributed by atoms with Crippen molar-refractivity contribution in [2.24, 2.45) is 0 Å². The number of nitrogens with one attached hydrogen (secondary N) is 3. The van der Waals surface area contributed by atoms with Crippen LogP contribution in [0.4, 0.5) is 0 Å². The molecule has 0 spiro atoms. The van der Waals surface area contributed by atoms with Crippen molar-refractivity contribution >= 4 is 36.0 Å². The van der Waals surface area contributed by atoms with Gasteiger partial charge in [-0.25, -0.2) is 0 Å². The van der Waals surface area contributed by atoms with Crippen molar-refractivity contribution in [3.8, 4) is 0 Å². The lowest BCUT2D eigenvalue weighted by molar-refractivity contribution is -0.119. The van der Waals surface area contributed by atoms with E-state index < -0.39 is 0 Å². The summed E-state index contributed by atoms with van der Waals surface area (Å²) in [4.78, 5) is 25.1. The summed E-state index contributed by atoms with van der Waals surface area (Å²) >= 11 is 1.39. The minimum absolute atomic E-state index is 0. The van der Waals surface area contributed by atoms with Crippen LogP contribution in [0.2, 0.25) is 0 Å². The maximum absolute atomic E-state index is 12.5. The molecule has 1 aromatic rings. The Morgan fingerprint density at radius 3 is 2.72 bits per heavy atom. The lowest BCUT2D eigenvalue weighted by Crippen LogP contribution is -2.31. The number of hydrogen-bond acceptors (Lipinski definition) is 4. The second kappa shape index (κ2) is 11.2. The van der Waals surface area contributed by atoms with E-state index >= 15 is 0 Å². The van der Waals surface area contributed by atoms with E-state index in [1.165, 1.54) is 17.3 Å². The molecule has 0 unspecified atom stereocenters. The number of halogens is 1. The molecule has 0 fully saturated rings. The topological polar surface area (TPSA) is 70.2 Å². The molecule has 1 heterocycles. The summed E-state index contributed by atoms with van der Waals surface area (Å²) in [5.74, 6) is 0.186. The van der Waals surface area contributed by atoms with Crippen molar-refractivity contribution in [1.29, 1.82) is 0 Å². The minimum atomic E-state index is -0.0956. The molecule has 0 aromatic heterocycles. The standard InChI is InChI=1S/C18H25N3O2S.ClH/c1-13(2)21-17(22)12-24-16-6-4-3-5-15(16)18(23)20-11-14-7-9-19-10-8-14;/h3-7,13,19H,8-12H2,1-2H3,(H,20,23)(H,21,22);1H. The van der Waals surface area contributed by atoms with Gasteiger partial charge < -0.3 is 16.0 Å². The summed E-state index contributed by atoms with van der Waals surface area (Å²) in [7, 11) is 0.